The summed E-state index contributed by atoms with van der Waals surface area (Å²) in [5, 5.41) is 14.9. The number of aliphatic carboxylic acids is 1. The van der Waals surface area contributed by atoms with Gasteiger partial charge in [0.2, 0.25) is 0 Å². The number of amides is 1. The van der Waals surface area contributed by atoms with Crippen molar-refractivity contribution in [3.05, 3.63) is 89.0 Å². The topological polar surface area (TPSA) is 75.6 Å². The van der Waals surface area contributed by atoms with Gasteiger partial charge in [-0.15, -0.1) is 0 Å². The van der Waals surface area contributed by atoms with Crippen LogP contribution in [0.15, 0.2) is 72.8 Å². The van der Waals surface area contributed by atoms with Gasteiger partial charge in [-0.05, 0) is 65.4 Å². The number of carboxylic acids is 1. The maximum Gasteiger partial charge on any atom is 0.304 e. The van der Waals surface area contributed by atoms with Gasteiger partial charge in [0, 0.05) is 17.0 Å². The fraction of sp³-hybridized carbons (Fsp3) is 0.259. The van der Waals surface area contributed by atoms with E-state index in [1.165, 1.54) is 0 Å². The third-order valence-electron chi connectivity index (χ3n) is 5.84. The molecule has 0 heterocycles. The molecule has 6 heteroatoms. The molecule has 0 bridgehead atoms. The summed E-state index contributed by atoms with van der Waals surface area (Å²) in [4.78, 5) is 23.8. The average molecular weight is 464 g/mol. The first-order chi connectivity index (χ1) is 16.0. The van der Waals surface area contributed by atoms with Crippen LogP contribution in [0.4, 0.5) is 0 Å². The number of halogens is 1. The summed E-state index contributed by atoms with van der Waals surface area (Å²) in [5.41, 5.74) is 1.73. The van der Waals surface area contributed by atoms with E-state index in [1.54, 1.807) is 12.1 Å². The molecule has 2 unspecified atom stereocenters. The molecule has 2 N–H and O–H groups in total. The van der Waals surface area contributed by atoms with Crippen LogP contribution in [0.3, 0.4) is 0 Å². The monoisotopic (exact) mass is 463 g/mol. The van der Waals surface area contributed by atoms with Crippen molar-refractivity contribution >= 4 is 34.2 Å². The number of rotatable bonds is 8. The fourth-order valence-electron chi connectivity index (χ4n) is 4.21. The Bertz CT molecular complexity index is 1190. The van der Waals surface area contributed by atoms with Crippen molar-refractivity contribution in [2.24, 2.45) is 0 Å². The van der Waals surface area contributed by atoms with Crippen LogP contribution >= 0.6 is 11.6 Å². The number of carbonyl (C=O) groups is 2. The van der Waals surface area contributed by atoms with E-state index in [0.717, 1.165) is 41.2 Å². The molecule has 0 fully saturated rings. The van der Waals surface area contributed by atoms with Crippen LogP contribution in [-0.2, 0) is 9.59 Å². The van der Waals surface area contributed by atoms with Gasteiger partial charge in [-0.2, -0.15) is 0 Å². The number of carbonyl (C=O) groups excluding carboxylic acids is 1. The lowest BCUT2D eigenvalue weighted by atomic mass is 9.87. The fourth-order valence-corrected chi connectivity index (χ4v) is 4.40. The molecule has 1 aliphatic carbocycles. The Hall–Kier alpha value is -3.31. The summed E-state index contributed by atoms with van der Waals surface area (Å²) in [5.74, 6) is -0.769. The first-order valence-electron chi connectivity index (χ1n) is 11.1. The largest absolute Gasteiger partial charge is 0.484 e. The highest BCUT2D eigenvalue weighted by Crippen LogP contribution is 2.32. The summed E-state index contributed by atoms with van der Waals surface area (Å²) in [6.07, 6.45) is 7.17. The van der Waals surface area contributed by atoms with Crippen LogP contribution in [-0.4, -0.2) is 29.6 Å². The molecule has 3 aromatic rings. The second kappa shape index (κ2) is 10.5. The zero-order valence-corrected chi connectivity index (χ0v) is 18.9. The van der Waals surface area contributed by atoms with Crippen LogP contribution < -0.4 is 10.1 Å². The van der Waals surface area contributed by atoms with Crippen LogP contribution in [0.25, 0.3) is 10.8 Å². The van der Waals surface area contributed by atoms with E-state index < -0.39 is 5.97 Å². The van der Waals surface area contributed by atoms with Gasteiger partial charge < -0.3 is 15.2 Å². The van der Waals surface area contributed by atoms with Gasteiger partial charge >= 0.3 is 5.97 Å². The molecule has 1 amide bonds. The van der Waals surface area contributed by atoms with Crippen molar-refractivity contribution in [3.63, 3.8) is 0 Å². The average Bonchev–Trinajstić information content (AvgIpc) is 2.81. The van der Waals surface area contributed by atoms with E-state index >= 15 is 0 Å². The molecular weight excluding hydrogens is 438 g/mol. The Morgan fingerprint density at radius 1 is 1.06 bits per heavy atom. The van der Waals surface area contributed by atoms with Gasteiger partial charge in [0.05, 0.1) is 6.42 Å². The molecule has 4 rings (SSSR count). The normalized spacial score (nSPS) is 16.3. The first-order valence-corrected chi connectivity index (χ1v) is 11.5. The number of hydrogen-bond donors (Lipinski definition) is 2. The van der Waals surface area contributed by atoms with E-state index in [-0.39, 0.29) is 30.9 Å². The maximum atomic E-state index is 12.2. The molecule has 0 spiro atoms. The van der Waals surface area contributed by atoms with Crippen LogP contribution in [0.5, 0.6) is 5.75 Å². The minimum absolute atomic E-state index is 0.0438. The summed E-state index contributed by atoms with van der Waals surface area (Å²) < 4.78 is 5.74. The van der Waals surface area contributed by atoms with Gasteiger partial charge in [-0.25, -0.2) is 0 Å². The Morgan fingerprint density at radius 3 is 2.64 bits per heavy atom. The van der Waals surface area contributed by atoms with E-state index in [4.69, 9.17) is 16.3 Å². The first kappa shape index (κ1) is 22.9. The predicted molar refractivity (Wildman–Crippen MR) is 130 cm³/mol. The van der Waals surface area contributed by atoms with Crippen molar-refractivity contribution in [2.45, 2.75) is 37.6 Å². The van der Waals surface area contributed by atoms with Gasteiger partial charge in [0.25, 0.3) is 5.91 Å². The van der Waals surface area contributed by atoms with E-state index in [9.17, 15) is 14.7 Å². The van der Waals surface area contributed by atoms with E-state index in [2.05, 4.69) is 11.4 Å². The highest BCUT2D eigenvalue weighted by atomic mass is 35.5. The third kappa shape index (κ3) is 6.14. The third-order valence-corrected chi connectivity index (χ3v) is 6.07. The minimum Gasteiger partial charge on any atom is -0.484 e. The second-order valence-corrected chi connectivity index (χ2v) is 8.73. The number of ether oxygens (including phenoxy) is 1. The van der Waals surface area contributed by atoms with E-state index in [1.807, 2.05) is 54.6 Å². The highest BCUT2D eigenvalue weighted by molar-refractivity contribution is 6.30. The number of carboxylic acid groups (broad SMARTS) is 1. The van der Waals surface area contributed by atoms with Crippen molar-refractivity contribution in [3.8, 4) is 5.75 Å². The number of hydrogen-bond acceptors (Lipinski definition) is 3. The SMILES string of the molecule is O=C(O)CC(c1cccc(Cl)c1)c1ccc2ccc(OCC(=O)NC3C=CCCC3)cc2c1. The lowest BCUT2D eigenvalue weighted by Crippen LogP contribution is -2.37. The molecule has 0 radical (unpaired) electrons. The predicted octanol–water partition coefficient (Wildman–Crippen LogP) is 5.70. The zero-order chi connectivity index (χ0) is 23.2. The molecule has 2 atom stereocenters. The minimum atomic E-state index is -0.879. The van der Waals surface area contributed by atoms with Crippen LogP contribution in [0, 0.1) is 0 Å². The zero-order valence-electron chi connectivity index (χ0n) is 18.2. The van der Waals surface area contributed by atoms with E-state index in [0.29, 0.717) is 10.8 Å². The van der Waals surface area contributed by atoms with Crippen LogP contribution in [0.2, 0.25) is 5.02 Å². The number of fused-ring (bicyclic) bond motifs is 1. The molecule has 0 saturated carbocycles. The molecule has 1 aliphatic rings. The Kier molecular flexibility index (Phi) is 7.30. The van der Waals surface area contributed by atoms with Gasteiger partial charge in [0.15, 0.2) is 6.61 Å². The molecular formula is C27H26ClNO4. The van der Waals surface area contributed by atoms with Gasteiger partial charge in [-0.3, -0.25) is 9.59 Å². The van der Waals surface area contributed by atoms with Crippen molar-refractivity contribution in [2.75, 3.05) is 6.61 Å². The molecule has 33 heavy (non-hydrogen) atoms. The number of nitrogens with one attached hydrogen (secondary N) is 1. The molecule has 0 saturated heterocycles. The van der Waals surface area contributed by atoms with Gasteiger partial charge in [0.1, 0.15) is 5.75 Å². The molecule has 170 valence electrons. The molecule has 3 aromatic carbocycles. The summed E-state index contributed by atoms with van der Waals surface area (Å²) >= 11 is 6.15. The molecule has 5 nitrogen and oxygen atoms in total. The van der Waals surface area contributed by atoms with Gasteiger partial charge in [-0.1, -0.05) is 60.2 Å². The summed E-state index contributed by atoms with van der Waals surface area (Å²) in [6.45, 7) is -0.0559. The smallest absolute Gasteiger partial charge is 0.304 e. The summed E-state index contributed by atoms with van der Waals surface area (Å²) in [7, 11) is 0. The lowest BCUT2D eigenvalue weighted by molar-refractivity contribution is -0.137. The molecule has 0 aliphatic heterocycles. The highest BCUT2D eigenvalue weighted by Gasteiger charge is 2.19. The Labute approximate surface area is 198 Å². The van der Waals surface area contributed by atoms with Crippen molar-refractivity contribution in [1.29, 1.82) is 0 Å². The molecule has 0 aromatic heterocycles. The maximum absolute atomic E-state index is 12.2. The number of allylic oxidation sites excluding steroid dienone is 1. The lowest BCUT2D eigenvalue weighted by Gasteiger charge is -2.18. The quantitative estimate of drug-likeness (QED) is 0.420. The summed E-state index contributed by atoms with van der Waals surface area (Å²) in [6, 6.07) is 18.9. The van der Waals surface area contributed by atoms with Crippen molar-refractivity contribution in [1.82, 2.24) is 5.32 Å². The van der Waals surface area contributed by atoms with Crippen molar-refractivity contribution < 1.29 is 19.4 Å². The van der Waals surface area contributed by atoms with Crippen LogP contribution in [0.1, 0.15) is 42.7 Å². The number of benzene rings is 3. The standard InChI is InChI=1S/C27H26ClNO4/c28-22-6-4-5-19(14-22)25(16-27(31)32)20-10-9-18-11-12-24(15-21(18)13-20)33-17-26(30)29-23-7-2-1-3-8-23/h2,4-7,9-15,23,25H,1,3,8,16-17H2,(H,29,30)(H,31,32). The Balaban J connectivity index is 1.52. The second-order valence-electron chi connectivity index (χ2n) is 8.30. The Morgan fingerprint density at radius 2 is 1.88 bits per heavy atom.